The standard InChI is InChI=1S/C37H50N4O/c1-39-22-17-29-28-15-9-10-16-32(28)38-33(29)34(39)30-25-37(42)19-11-5-2-3-6-12-20-40-23-18-31(30)36(26-40)24-27-14-8-4-7-13-21-41(27)35(36)37/h2,5,8-10,14-16,25,27,31,34-35,38,42H,3-4,6-7,11-13,17-24,26H2,1H3/b5-2-,14-8-/t27-,31-,34?,35+,36-,37-/m0/s1. The van der Waals surface area contributed by atoms with E-state index in [-0.39, 0.29) is 17.5 Å². The monoisotopic (exact) mass is 566 g/mol. The Labute approximate surface area is 252 Å². The highest BCUT2D eigenvalue weighted by Crippen LogP contribution is 2.62. The lowest BCUT2D eigenvalue weighted by atomic mass is 9.54. The number of rotatable bonds is 1. The molecule has 5 heteroatoms. The summed E-state index contributed by atoms with van der Waals surface area (Å²) < 4.78 is 0. The lowest BCUT2D eigenvalue weighted by molar-refractivity contribution is -0.0999. The number of fused-ring (bicyclic) bond motifs is 5. The molecule has 1 aliphatic carbocycles. The number of hydrogen-bond acceptors (Lipinski definition) is 4. The number of piperidine rings is 1. The van der Waals surface area contributed by atoms with Crippen molar-refractivity contribution >= 4 is 10.9 Å². The minimum atomic E-state index is -0.834. The molecule has 5 aliphatic heterocycles. The quantitative estimate of drug-likeness (QED) is 0.393. The van der Waals surface area contributed by atoms with E-state index in [0.717, 1.165) is 38.9 Å². The highest BCUT2D eigenvalue weighted by molar-refractivity contribution is 5.85. The molecule has 224 valence electrons. The molecule has 2 N–H and O–H groups in total. The Morgan fingerprint density at radius 2 is 1.76 bits per heavy atom. The average molecular weight is 567 g/mol. The second-order valence-electron chi connectivity index (χ2n) is 14.5. The van der Waals surface area contributed by atoms with Crippen molar-refractivity contribution in [1.82, 2.24) is 19.7 Å². The van der Waals surface area contributed by atoms with Crippen molar-refractivity contribution in [2.24, 2.45) is 11.3 Å². The zero-order valence-electron chi connectivity index (χ0n) is 25.6. The summed E-state index contributed by atoms with van der Waals surface area (Å²) in [6.45, 7) is 5.69. The van der Waals surface area contributed by atoms with E-state index in [1.807, 2.05) is 0 Å². The minimum absolute atomic E-state index is 0.0681. The molecule has 0 amide bonds. The molecule has 0 radical (unpaired) electrons. The van der Waals surface area contributed by atoms with Gasteiger partial charge in [-0.3, -0.25) is 9.80 Å². The molecule has 0 saturated carbocycles. The van der Waals surface area contributed by atoms with Gasteiger partial charge in [-0.25, -0.2) is 0 Å². The maximum atomic E-state index is 13.2. The van der Waals surface area contributed by atoms with Crippen LogP contribution in [0.1, 0.15) is 81.5 Å². The number of benzene rings is 1. The van der Waals surface area contributed by atoms with Crippen molar-refractivity contribution < 1.29 is 5.11 Å². The molecule has 2 aromatic rings. The molecule has 6 heterocycles. The number of aromatic amines is 1. The summed E-state index contributed by atoms with van der Waals surface area (Å²) >= 11 is 0. The number of hydrogen-bond donors (Lipinski definition) is 2. The van der Waals surface area contributed by atoms with Crippen molar-refractivity contribution in [2.45, 2.75) is 94.4 Å². The molecule has 1 spiro atoms. The third-order valence-corrected chi connectivity index (χ3v) is 12.1. The first-order valence-corrected chi connectivity index (χ1v) is 17.1. The van der Waals surface area contributed by atoms with Gasteiger partial charge in [0, 0.05) is 41.1 Å². The fourth-order valence-electron chi connectivity index (χ4n) is 10.5. The Morgan fingerprint density at radius 3 is 2.69 bits per heavy atom. The summed E-state index contributed by atoms with van der Waals surface area (Å²) in [5, 5.41) is 14.6. The lowest BCUT2D eigenvalue weighted by Crippen LogP contribution is -2.66. The van der Waals surface area contributed by atoms with Crippen molar-refractivity contribution in [3.8, 4) is 0 Å². The van der Waals surface area contributed by atoms with E-state index in [0.29, 0.717) is 12.0 Å². The molecule has 6 aliphatic rings. The van der Waals surface area contributed by atoms with Gasteiger partial charge < -0.3 is 15.0 Å². The molecule has 8 rings (SSSR count). The molecule has 3 bridgehead atoms. The Morgan fingerprint density at radius 1 is 0.929 bits per heavy atom. The zero-order valence-corrected chi connectivity index (χ0v) is 25.6. The smallest absolute Gasteiger partial charge is 0.0994 e. The summed E-state index contributed by atoms with van der Waals surface area (Å²) in [6.07, 6.45) is 24.9. The van der Waals surface area contributed by atoms with E-state index in [1.54, 1.807) is 0 Å². The van der Waals surface area contributed by atoms with Crippen LogP contribution in [0.2, 0.25) is 0 Å². The van der Waals surface area contributed by atoms with Crippen molar-refractivity contribution in [3.05, 3.63) is 71.5 Å². The lowest BCUT2D eigenvalue weighted by Gasteiger charge is -2.59. The van der Waals surface area contributed by atoms with Crippen LogP contribution in [0.3, 0.4) is 0 Å². The van der Waals surface area contributed by atoms with Crippen LogP contribution >= 0.6 is 0 Å². The molecule has 5 nitrogen and oxygen atoms in total. The van der Waals surface area contributed by atoms with Gasteiger partial charge in [0.25, 0.3) is 0 Å². The minimum Gasteiger partial charge on any atom is -0.384 e. The van der Waals surface area contributed by atoms with Crippen molar-refractivity contribution in [3.63, 3.8) is 0 Å². The van der Waals surface area contributed by atoms with Gasteiger partial charge in [0.05, 0.1) is 17.7 Å². The van der Waals surface area contributed by atoms with Gasteiger partial charge >= 0.3 is 0 Å². The molecular formula is C37H50N4O. The normalized spacial score (nSPS) is 40.8. The van der Waals surface area contributed by atoms with Gasteiger partial charge in [0.15, 0.2) is 0 Å². The Hall–Kier alpha value is -2.18. The highest BCUT2D eigenvalue weighted by Gasteiger charge is 2.66. The number of aliphatic hydroxyl groups is 1. The van der Waals surface area contributed by atoms with Gasteiger partial charge in [-0.2, -0.15) is 0 Å². The third kappa shape index (κ3) is 4.33. The maximum absolute atomic E-state index is 13.2. The number of likely N-dealkylation sites (N-methyl/N-ethyl adjacent to an activating group) is 1. The second kappa shape index (κ2) is 10.8. The Bertz CT molecular complexity index is 1410. The summed E-state index contributed by atoms with van der Waals surface area (Å²) in [4.78, 5) is 12.1. The number of aromatic nitrogens is 1. The number of nitrogens with one attached hydrogen (secondary N) is 1. The van der Waals surface area contributed by atoms with Crippen LogP contribution in [0.4, 0.5) is 0 Å². The first-order chi connectivity index (χ1) is 20.6. The summed E-state index contributed by atoms with van der Waals surface area (Å²) in [6, 6.07) is 9.71. The molecular weight excluding hydrogens is 516 g/mol. The van der Waals surface area contributed by atoms with Gasteiger partial charge in [-0.05, 0) is 120 Å². The number of H-pyrrole nitrogens is 1. The number of allylic oxidation sites excluding steroid dienone is 3. The summed E-state index contributed by atoms with van der Waals surface area (Å²) in [5.74, 6) is 0.492. The van der Waals surface area contributed by atoms with E-state index < -0.39 is 5.60 Å². The van der Waals surface area contributed by atoms with Crippen molar-refractivity contribution in [1.29, 1.82) is 0 Å². The largest absolute Gasteiger partial charge is 0.384 e. The van der Waals surface area contributed by atoms with Crippen LogP contribution in [0.15, 0.2) is 60.2 Å². The van der Waals surface area contributed by atoms with Gasteiger partial charge in [-0.1, -0.05) is 48.6 Å². The van der Waals surface area contributed by atoms with E-state index in [1.165, 1.54) is 92.2 Å². The first kappa shape index (κ1) is 27.4. The third-order valence-electron chi connectivity index (χ3n) is 12.1. The molecule has 1 aromatic heterocycles. The zero-order chi connectivity index (χ0) is 28.3. The second-order valence-corrected chi connectivity index (χ2v) is 14.5. The molecule has 2 fully saturated rings. The SMILES string of the molecule is CN1CCc2c([nH]c3ccccc23)C1C1=C[C@@]2(O)CC/C=C\CCCCN3CC[C@@H]1[C@]1(C[C@@H]4/C=C\CCCCN4[C@H]12)C3. The van der Waals surface area contributed by atoms with Crippen molar-refractivity contribution in [2.75, 3.05) is 39.8 Å². The van der Waals surface area contributed by atoms with Crippen LogP contribution in [0.25, 0.3) is 10.9 Å². The fraction of sp³-hybridized carbons (Fsp3) is 0.622. The van der Waals surface area contributed by atoms with E-state index >= 15 is 0 Å². The predicted octanol–water partition coefficient (Wildman–Crippen LogP) is 6.38. The molecule has 2 saturated heterocycles. The average Bonchev–Trinajstić information content (AvgIpc) is 3.49. The van der Waals surface area contributed by atoms with E-state index in [9.17, 15) is 5.11 Å². The van der Waals surface area contributed by atoms with Gasteiger partial charge in [-0.15, -0.1) is 0 Å². The van der Waals surface area contributed by atoms with Crippen LogP contribution in [-0.4, -0.2) is 82.2 Å². The van der Waals surface area contributed by atoms with Crippen LogP contribution in [0, 0.1) is 11.3 Å². The summed E-state index contributed by atoms with van der Waals surface area (Å²) in [7, 11) is 2.33. The first-order valence-electron chi connectivity index (χ1n) is 17.1. The number of nitrogens with zero attached hydrogens (tertiary/aromatic N) is 3. The topological polar surface area (TPSA) is 45.7 Å². The predicted molar refractivity (Wildman–Crippen MR) is 172 cm³/mol. The highest BCUT2D eigenvalue weighted by atomic mass is 16.3. The number of para-hydroxylation sites is 1. The molecule has 2 unspecified atom stereocenters. The molecule has 42 heavy (non-hydrogen) atoms. The maximum Gasteiger partial charge on any atom is 0.0994 e. The van der Waals surface area contributed by atoms with E-state index in [2.05, 4.69) is 81.4 Å². The molecule has 1 aromatic carbocycles. The van der Waals surface area contributed by atoms with E-state index in [4.69, 9.17) is 0 Å². The Kier molecular flexibility index (Phi) is 7.02. The van der Waals surface area contributed by atoms with Crippen LogP contribution in [-0.2, 0) is 6.42 Å². The summed E-state index contributed by atoms with van der Waals surface area (Å²) in [5.41, 5.74) is 4.90. The fourth-order valence-corrected chi connectivity index (χ4v) is 10.5. The molecule has 7 atom stereocenters. The van der Waals surface area contributed by atoms with Gasteiger partial charge in [0.2, 0.25) is 0 Å². The Balaban J connectivity index is 1.32. The van der Waals surface area contributed by atoms with Gasteiger partial charge in [0.1, 0.15) is 0 Å². The van der Waals surface area contributed by atoms with Crippen LogP contribution < -0.4 is 0 Å². The van der Waals surface area contributed by atoms with Crippen LogP contribution in [0.5, 0.6) is 0 Å².